The summed E-state index contributed by atoms with van der Waals surface area (Å²) in [6.07, 6.45) is 5.76. The molecule has 17 heavy (non-hydrogen) atoms. The van der Waals surface area contributed by atoms with Crippen LogP contribution in [0, 0.1) is 5.92 Å². The Kier molecular flexibility index (Phi) is 3.69. The highest BCUT2D eigenvalue weighted by molar-refractivity contribution is 5.74. The van der Waals surface area contributed by atoms with Gasteiger partial charge in [-0.1, -0.05) is 12.7 Å². The van der Waals surface area contributed by atoms with Gasteiger partial charge in [0.2, 0.25) is 5.95 Å². The van der Waals surface area contributed by atoms with E-state index in [-0.39, 0.29) is 18.5 Å². The third-order valence-electron chi connectivity index (χ3n) is 2.70. The SMILES string of the molecule is C=CCOC(=O)C1CCN(c2ncccn2)C1. The minimum absolute atomic E-state index is 0.0845. The Labute approximate surface area is 100 Å². The predicted molar refractivity (Wildman–Crippen MR) is 63.5 cm³/mol. The fourth-order valence-corrected chi connectivity index (χ4v) is 1.85. The summed E-state index contributed by atoms with van der Waals surface area (Å²) in [6.45, 7) is 5.20. The lowest BCUT2D eigenvalue weighted by Crippen LogP contribution is -2.25. The second kappa shape index (κ2) is 5.43. The van der Waals surface area contributed by atoms with Gasteiger partial charge in [0, 0.05) is 25.5 Å². The molecule has 1 aliphatic heterocycles. The Balaban J connectivity index is 1.91. The Morgan fingerprint density at radius 2 is 2.35 bits per heavy atom. The van der Waals surface area contributed by atoms with E-state index in [1.165, 1.54) is 0 Å². The van der Waals surface area contributed by atoms with E-state index in [0.29, 0.717) is 12.5 Å². The molecule has 1 unspecified atom stereocenters. The first-order chi connectivity index (χ1) is 8.31. The van der Waals surface area contributed by atoms with Gasteiger partial charge in [0.05, 0.1) is 5.92 Å². The monoisotopic (exact) mass is 233 g/mol. The molecule has 1 saturated heterocycles. The number of anilines is 1. The van der Waals surface area contributed by atoms with Crippen LogP contribution in [-0.4, -0.2) is 35.6 Å². The van der Waals surface area contributed by atoms with Crippen LogP contribution in [0.3, 0.4) is 0 Å². The molecule has 2 heterocycles. The summed E-state index contributed by atoms with van der Waals surface area (Å²) in [5.41, 5.74) is 0. The molecule has 1 aromatic heterocycles. The largest absolute Gasteiger partial charge is 0.461 e. The number of rotatable bonds is 4. The third kappa shape index (κ3) is 2.81. The van der Waals surface area contributed by atoms with E-state index in [1.54, 1.807) is 24.5 Å². The zero-order valence-corrected chi connectivity index (χ0v) is 9.58. The Morgan fingerprint density at radius 3 is 3.06 bits per heavy atom. The molecule has 90 valence electrons. The smallest absolute Gasteiger partial charge is 0.311 e. The highest BCUT2D eigenvalue weighted by Gasteiger charge is 2.30. The van der Waals surface area contributed by atoms with E-state index in [2.05, 4.69) is 16.5 Å². The molecule has 0 radical (unpaired) electrons. The van der Waals surface area contributed by atoms with Gasteiger partial charge in [-0.05, 0) is 12.5 Å². The van der Waals surface area contributed by atoms with E-state index in [9.17, 15) is 4.79 Å². The van der Waals surface area contributed by atoms with Crippen molar-refractivity contribution in [1.29, 1.82) is 0 Å². The molecule has 5 nitrogen and oxygen atoms in total. The number of esters is 1. The van der Waals surface area contributed by atoms with Crippen LogP contribution in [0.1, 0.15) is 6.42 Å². The number of aromatic nitrogens is 2. The van der Waals surface area contributed by atoms with Crippen LogP contribution >= 0.6 is 0 Å². The van der Waals surface area contributed by atoms with Gasteiger partial charge in [-0.15, -0.1) is 0 Å². The number of nitrogens with zero attached hydrogens (tertiary/aromatic N) is 3. The first kappa shape index (κ1) is 11.6. The number of ether oxygens (including phenoxy) is 1. The summed E-state index contributed by atoms with van der Waals surface area (Å²) in [5, 5.41) is 0. The minimum Gasteiger partial charge on any atom is -0.461 e. The van der Waals surface area contributed by atoms with Gasteiger partial charge < -0.3 is 9.64 Å². The van der Waals surface area contributed by atoms with Crippen molar-refractivity contribution in [3.8, 4) is 0 Å². The van der Waals surface area contributed by atoms with Crippen molar-refractivity contribution in [3.63, 3.8) is 0 Å². The summed E-state index contributed by atoms with van der Waals surface area (Å²) in [7, 11) is 0. The number of carbonyl (C=O) groups excluding carboxylic acids is 1. The fraction of sp³-hybridized carbons (Fsp3) is 0.417. The number of hydrogen-bond donors (Lipinski definition) is 0. The van der Waals surface area contributed by atoms with Gasteiger partial charge in [0.15, 0.2) is 0 Å². The molecule has 1 aliphatic rings. The van der Waals surface area contributed by atoms with E-state index in [4.69, 9.17) is 4.74 Å². The maximum absolute atomic E-state index is 11.6. The van der Waals surface area contributed by atoms with Gasteiger partial charge in [-0.2, -0.15) is 0 Å². The first-order valence-corrected chi connectivity index (χ1v) is 5.60. The molecule has 0 spiro atoms. The normalized spacial score (nSPS) is 19.1. The second-order valence-electron chi connectivity index (χ2n) is 3.90. The molecule has 0 aliphatic carbocycles. The maximum Gasteiger partial charge on any atom is 0.311 e. The van der Waals surface area contributed by atoms with Crippen LogP contribution < -0.4 is 4.90 Å². The van der Waals surface area contributed by atoms with Gasteiger partial charge in [-0.25, -0.2) is 9.97 Å². The van der Waals surface area contributed by atoms with Gasteiger partial charge in [0.25, 0.3) is 0 Å². The van der Waals surface area contributed by atoms with Crippen molar-refractivity contribution < 1.29 is 9.53 Å². The van der Waals surface area contributed by atoms with Crippen molar-refractivity contribution in [2.75, 3.05) is 24.6 Å². The van der Waals surface area contributed by atoms with Gasteiger partial charge in [0.1, 0.15) is 6.61 Å². The predicted octanol–water partition coefficient (Wildman–Crippen LogP) is 1.03. The Hall–Kier alpha value is -1.91. The summed E-state index contributed by atoms with van der Waals surface area (Å²) < 4.78 is 5.03. The lowest BCUT2D eigenvalue weighted by Gasteiger charge is -2.15. The molecule has 0 amide bonds. The third-order valence-corrected chi connectivity index (χ3v) is 2.70. The van der Waals surface area contributed by atoms with Crippen LogP contribution in [0.25, 0.3) is 0 Å². The molecule has 0 bridgehead atoms. The molecule has 1 aromatic rings. The quantitative estimate of drug-likeness (QED) is 0.574. The van der Waals surface area contributed by atoms with Crippen molar-refractivity contribution in [3.05, 3.63) is 31.1 Å². The van der Waals surface area contributed by atoms with Crippen LogP contribution in [0.4, 0.5) is 5.95 Å². The fourth-order valence-electron chi connectivity index (χ4n) is 1.85. The standard InChI is InChI=1S/C12H15N3O2/c1-2-8-17-11(16)10-4-7-15(9-10)12-13-5-3-6-14-12/h2-3,5-6,10H,1,4,7-9H2. The number of hydrogen-bond acceptors (Lipinski definition) is 5. The highest BCUT2D eigenvalue weighted by Crippen LogP contribution is 2.21. The molecule has 0 N–H and O–H groups in total. The average molecular weight is 233 g/mol. The summed E-state index contributed by atoms with van der Waals surface area (Å²) >= 11 is 0. The molecule has 2 rings (SSSR count). The van der Waals surface area contributed by atoms with E-state index in [0.717, 1.165) is 13.0 Å². The average Bonchev–Trinajstić information content (AvgIpc) is 2.86. The number of carbonyl (C=O) groups is 1. The van der Waals surface area contributed by atoms with Crippen LogP contribution in [-0.2, 0) is 9.53 Å². The van der Waals surface area contributed by atoms with Crippen molar-refractivity contribution in [2.24, 2.45) is 5.92 Å². The van der Waals surface area contributed by atoms with Gasteiger partial charge in [-0.3, -0.25) is 4.79 Å². The van der Waals surface area contributed by atoms with Crippen molar-refractivity contribution >= 4 is 11.9 Å². The van der Waals surface area contributed by atoms with Gasteiger partial charge >= 0.3 is 5.97 Å². The molecule has 1 fully saturated rings. The molecule has 5 heteroatoms. The lowest BCUT2D eigenvalue weighted by molar-refractivity contribution is -0.146. The molecular weight excluding hydrogens is 218 g/mol. The van der Waals surface area contributed by atoms with E-state index in [1.807, 2.05) is 4.90 Å². The Bertz CT molecular complexity index is 394. The molecular formula is C12H15N3O2. The summed E-state index contributed by atoms with van der Waals surface area (Å²) in [6, 6.07) is 1.77. The Morgan fingerprint density at radius 1 is 1.59 bits per heavy atom. The van der Waals surface area contributed by atoms with Crippen LogP contribution in [0.5, 0.6) is 0 Å². The highest BCUT2D eigenvalue weighted by atomic mass is 16.5. The zero-order valence-electron chi connectivity index (χ0n) is 9.58. The first-order valence-electron chi connectivity index (χ1n) is 5.60. The summed E-state index contributed by atoms with van der Waals surface area (Å²) in [5.74, 6) is 0.425. The van der Waals surface area contributed by atoms with Crippen molar-refractivity contribution in [1.82, 2.24) is 9.97 Å². The van der Waals surface area contributed by atoms with E-state index < -0.39 is 0 Å². The van der Waals surface area contributed by atoms with E-state index >= 15 is 0 Å². The second-order valence-corrected chi connectivity index (χ2v) is 3.90. The molecule has 0 saturated carbocycles. The van der Waals surface area contributed by atoms with Crippen LogP contribution in [0.2, 0.25) is 0 Å². The summed E-state index contributed by atoms with van der Waals surface area (Å²) in [4.78, 5) is 22.0. The molecule has 0 aromatic carbocycles. The lowest BCUT2D eigenvalue weighted by atomic mass is 10.1. The molecule has 1 atom stereocenters. The van der Waals surface area contributed by atoms with Crippen LogP contribution in [0.15, 0.2) is 31.1 Å². The minimum atomic E-state index is -0.164. The topological polar surface area (TPSA) is 55.3 Å². The maximum atomic E-state index is 11.6. The van der Waals surface area contributed by atoms with Crippen molar-refractivity contribution in [2.45, 2.75) is 6.42 Å². The zero-order chi connectivity index (χ0) is 12.1.